The lowest BCUT2D eigenvalue weighted by atomic mass is 10.2. The van der Waals surface area contributed by atoms with Crippen LogP contribution >= 0.6 is 0 Å². The molecule has 1 heterocycles. The Hall–Kier alpha value is -3.56. The summed E-state index contributed by atoms with van der Waals surface area (Å²) in [7, 11) is 4.70. The lowest BCUT2D eigenvalue weighted by Gasteiger charge is -2.14. The first kappa shape index (κ1) is 22.7. The number of amides is 2. The van der Waals surface area contributed by atoms with E-state index in [1.807, 2.05) is 6.92 Å². The molecule has 0 spiro atoms. The molecule has 30 heavy (non-hydrogen) atoms. The van der Waals surface area contributed by atoms with Crippen LogP contribution in [-0.2, 0) is 21.4 Å². The van der Waals surface area contributed by atoms with Crippen LogP contribution < -0.4 is 20.1 Å². The third kappa shape index (κ3) is 5.49. The third-order valence-corrected chi connectivity index (χ3v) is 4.44. The van der Waals surface area contributed by atoms with Gasteiger partial charge in [-0.1, -0.05) is 0 Å². The largest absolute Gasteiger partial charge is 0.497 e. The highest BCUT2D eigenvalue weighted by Crippen LogP contribution is 2.22. The zero-order valence-electron chi connectivity index (χ0n) is 17.9. The number of methoxy groups -OCH3 is 2. The number of ether oxygens (including phenoxy) is 3. The minimum atomic E-state index is -1.05. The molecule has 0 unspecified atom stereocenters. The molecular formula is C20H26N4O6. The summed E-state index contributed by atoms with van der Waals surface area (Å²) in [5.74, 6) is -0.878. The zero-order chi connectivity index (χ0) is 22.4. The maximum absolute atomic E-state index is 12.3. The molecule has 1 atom stereocenters. The van der Waals surface area contributed by atoms with Gasteiger partial charge in [0.05, 0.1) is 31.3 Å². The zero-order valence-corrected chi connectivity index (χ0v) is 17.9. The number of nitrogens with one attached hydrogen (secondary N) is 2. The van der Waals surface area contributed by atoms with Crippen molar-refractivity contribution in [3.05, 3.63) is 35.2 Å². The van der Waals surface area contributed by atoms with E-state index in [0.29, 0.717) is 22.9 Å². The van der Waals surface area contributed by atoms with Crippen LogP contribution in [0.3, 0.4) is 0 Å². The van der Waals surface area contributed by atoms with Gasteiger partial charge in [0.1, 0.15) is 18.0 Å². The number of esters is 1. The summed E-state index contributed by atoms with van der Waals surface area (Å²) in [6, 6.07) is 4.65. The Morgan fingerprint density at radius 1 is 1.10 bits per heavy atom. The normalized spacial score (nSPS) is 11.4. The van der Waals surface area contributed by atoms with Gasteiger partial charge in [-0.3, -0.25) is 19.1 Å². The van der Waals surface area contributed by atoms with Gasteiger partial charge in [0.2, 0.25) is 0 Å². The molecular weight excluding hydrogens is 392 g/mol. The highest BCUT2D eigenvalue weighted by molar-refractivity contribution is 5.98. The topological polar surface area (TPSA) is 121 Å². The summed E-state index contributed by atoms with van der Waals surface area (Å²) >= 11 is 0. The summed E-state index contributed by atoms with van der Waals surface area (Å²) in [6.45, 7) is 4.63. The van der Waals surface area contributed by atoms with E-state index in [0.717, 1.165) is 5.69 Å². The van der Waals surface area contributed by atoms with Crippen LogP contribution in [0.15, 0.2) is 18.2 Å². The minimum Gasteiger partial charge on any atom is -0.497 e. The molecule has 10 heteroatoms. The molecule has 10 nitrogen and oxygen atoms in total. The van der Waals surface area contributed by atoms with Crippen molar-refractivity contribution >= 4 is 23.5 Å². The lowest BCUT2D eigenvalue weighted by molar-refractivity contribution is -0.152. The third-order valence-electron chi connectivity index (χ3n) is 4.44. The number of aromatic nitrogens is 2. The molecule has 2 N–H and O–H groups in total. The van der Waals surface area contributed by atoms with E-state index in [1.54, 1.807) is 24.7 Å². The molecule has 2 aromatic rings. The Morgan fingerprint density at radius 3 is 2.20 bits per heavy atom. The van der Waals surface area contributed by atoms with Crippen molar-refractivity contribution in [2.75, 3.05) is 26.1 Å². The molecule has 0 aliphatic heterocycles. The molecule has 0 radical (unpaired) electrons. The Morgan fingerprint density at radius 2 is 1.70 bits per heavy atom. The summed E-state index contributed by atoms with van der Waals surface area (Å²) in [6.07, 6.45) is -1.05. The number of nitrogens with zero attached hydrogens (tertiary/aromatic N) is 2. The van der Waals surface area contributed by atoms with Crippen molar-refractivity contribution in [2.24, 2.45) is 7.05 Å². The van der Waals surface area contributed by atoms with Gasteiger partial charge in [-0.05, 0) is 32.9 Å². The first-order chi connectivity index (χ1) is 14.2. The van der Waals surface area contributed by atoms with Crippen LogP contribution in [0.1, 0.15) is 28.7 Å². The van der Waals surface area contributed by atoms with Crippen LogP contribution in [0.2, 0.25) is 0 Å². The summed E-state index contributed by atoms with van der Waals surface area (Å²) in [4.78, 5) is 36.7. The first-order valence-corrected chi connectivity index (χ1v) is 9.18. The van der Waals surface area contributed by atoms with E-state index < -0.39 is 30.4 Å². The second-order valence-corrected chi connectivity index (χ2v) is 6.57. The van der Waals surface area contributed by atoms with Crippen LogP contribution in [0, 0.1) is 13.8 Å². The maximum Gasteiger partial charge on any atom is 0.326 e. The molecule has 0 aliphatic carbocycles. The highest BCUT2D eigenvalue weighted by Gasteiger charge is 2.21. The fourth-order valence-corrected chi connectivity index (χ4v) is 2.66. The van der Waals surface area contributed by atoms with Crippen LogP contribution in [0.25, 0.3) is 0 Å². The summed E-state index contributed by atoms with van der Waals surface area (Å²) in [5.41, 5.74) is 2.27. The molecule has 0 aliphatic rings. The number of benzene rings is 1. The number of anilines is 1. The van der Waals surface area contributed by atoms with Crippen LogP contribution in [-0.4, -0.2) is 54.4 Å². The van der Waals surface area contributed by atoms with Gasteiger partial charge in [0.25, 0.3) is 11.8 Å². The predicted molar refractivity (Wildman–Crippen MR) is 109 cm³/mol. The van der Waals surface area contributed by atoms with Gasteiger partial charge < -0.3 is 24.8 Å². The monoisotopic (exact) mass is 418 g/mol. The van der Waals surface area contributed by atoms with Crippen molar-refractivity contribution < 1.29 is 28.6 Å². The van der Waals surface area contributed by atoms with Crippen molar-refractivity contribution in [3.8, 4) is 11.5 Å². The number of carbonyl (C=O) groups excluding carboxylic acids is 3. The molecule has 2 amide bonds. The van der Waals surface area contributed by atoms with E-state index in [1.165, 1.54) is 33.3 Å². The van der Waals surface area contributed by atoms with Gasteiger partial charge in [-0.15, -0.1) is 0 Å². The molecule has 0 fully saturated rings. The Balaban J connectivity index is 1.90. The molecule has 2 rings (SSSR count). The predicted octanol–water partition coefficient (Wildman–Crippen LogP) is 1.35. The van der Waals surface area contributed by atoms with Crippen LogP contribution in [0.4, 0.5) is 5.69 Å². The molecule has 0 saturated carbocycles. The van der Waals surface area contributed by atoms with Gasteiger partial charge in [0.15, 0.2) is 6.10 Å². The summed E-state index contributed by atoms with van der Waals surface area (Å²) < 4.78 is 17.0. The number of hydrogen-bond acceptors (Lipinski definition) is 7. The van der Waals surface area contributed by atoms with E-state index in [-0.39, 0.29) is 5.56 Å². The Kier molecular flexibility index (Phi) is 7.40. The van der Waals surface area contributed by atoms with Gasteiger partial charge in [-0.25, -0.2) is 0 Å². The Bertz CT molecular complexity index is 931. The smallest absolute Gasteiger partial charge is 0.326 e. The average molecular weight is 418 g/mol. The fourth-order valence-electron chi connectivity index (χ4n) is 2.66. The standard InChI is InChI=1S/C20H26N4O6/c1-11-18(12(2)24(4)23-11)22-19(26)13(3)30-17(25)10-21-20(27)14-7-15(28-5)9-16(8-14)29-6/h7-9,13H,10H2,1-6H3,(H,21,27)(H,22,26)/t13-/m0/s1. The maximum atomic E-state index is 12.3. The average Bonchev–Trinajstić information content (AvgIpc) is 2.97. The molecule has 1 aromatic carbocycles. The minimum absolute atomic E-state index is 0.257. The van der Waals surface area contributed by atoms with Gasteiger partial charge >= 0.3 is 5.97 Å². The Labute approximate surface area is 174 Å². The van der Waals surface area contributed by atoms with Crippen molar-refractivity contribution in [1.82, 2.24) is 15.1 Å². The second-order valence-electron chi connectivity index (χ2n) is 6.57. The molecule has 162 valence electrons. The molecule has 1 aromatic heterocycles. The number of aryl methyl sites for hydroxylation is 2. The number of hydrogen-bond donors (Lipinski definition) is 2. The van der Waals surface area contributed by atoms with Crippen LogP contribution in [0.5, 0.6) is 11.5 Å². The second kappa shape index (κ2) is 9.77. The van der Waals surface area contributed by atoms with E-state index >= 15 is 0 Å². The SMILES string of the molecule is COc1cc(OC)cc(C(=O)NCC(=O)O[C@@H](C)C(=O)Nc2c(C)nn(C)c2C)c1. The molecule has 0 saturated heterocycles. The highest BCUT2D eigenvalue weighted by atomic mass is 16.5. The molecule has 0 bridgehead atoms. The van der Waals surface area contributed by atoms with Crippen molar-refractivity contribution in [3.63, 3.8) is 0 Å². The van der Waals surface area contributed by atoms with Crippen molar-refractivity contribution in [2.45, 2.75) is 26.9 Å². The van der Waals surface area contributed by atoms with Crippen molar-refractivity contribution in [1.29, 1.82) is 0 Å². The van der Waals surface area contributed by atoms with Gasteiger partial charge in [0, 0.05) is 18.7 Å². The van der Waals surface area contributed by atoms with E-state index in [4.69, 9.17) is 14.2 Å². The summed E-state index contributed by atoms with van der Waals surface area (Å²) in [5, 5.41) is 9.37. The number of rotatable bonds is 8. The van der Waals surface area contributed by atoms with E-state index in [9.17, 15) is 14.4 Å². The quantitative estimate of drug-likeness (QED) is 0.621. The fraction of sp³-hybridized carbons (Fsp3) is 0.400. The first-order valence-electron chi connectivity index (χ1n) is 9.18. The lowest BCUT2D eigenvalue weighted by Crippen LogP contribution is -2.36. The number of carbonyl (C=O) groups is 3. The van der Waals surface area contributed by atoms with E-state index in [2.05, 4.69) is 15.7 Å². The van der Waals surface area contributed by atoms with Gasteiger partial charge in [-0.2, -0.15) is 5.10 Å².